The van der Waals surface area contributed by atoms with E-state index in [1.54, 1.807) is 7.11 Å². The Kier molecular flexibility index (Phi) is 12.3. The summed E-state index contributed by atoms with van der Waals surface area (Å²) in [6.45, 7) is 6.64. The number of halogens is 1. The highest BCUT2D eigenvalue weighted by molar-refractivity contribution is 14.0. The lowest BCUT2D eigenvalue weighted by Crippen LogP contribution is -2.38. The molecule has 1 aromatic carbocycles. The molecule has 0 aliphatic rings. The van der Waals surface area contributed by atoms with Crippen molar-refractivity contribution in [1.82, 2.24) is 15.6 Å². The second-order valence-electron chi connectivity index (χ2n) is 6.55. The number of aryl methyl sites for hydroxylation is 2. The summed E-state index contributed by atoms with van der Waals surface area (Å²) < 4.78 is 5.19. The van der Waals surface area contributed by atoms with Crippen molar-refractivity contribution in [1.29, 1.82) is 0 Å². The lowest BCUT2D eigenvalue weighted by molar-refractivity contribution is 0.414. The van der Waals surface area contributed by atoms with E-state index < -0.39 is 0 Å². The van der Waals surface area contributed by atoms with Crippen molar-refractivity contribution in [2.24, 2.45) is 4.99 Å². The molecule has 6 heteroatoms. The molecule has 0 fully saturated rings. The second-order valence-corrected chi connectivity index (χ2v) is 6.55. The number of benzene rings is 1. The summed E-state index contributed by atoms with van der Waals surface area (Å²) >= 11 is 0. The molecule has 1 heterocycles. The Morgan fingerprint density at radius 3 is 2.39 bits per heavy atom. The molecular weight excluding hydrogens is 463 g/mol. The van der Waals surface area contributed by atoms with Gasteiger partial charge < -0.3 is 15.4 Å². The normalized spacial score (nSPS) is 10.9. The van der Waals surface area contributed by atoms with Gasteiger partial charge in [0.2, 0.25) is 0 Å². The SMILES string of the molecule is CCNC(=NCCCCc1ccc(OC)cc1)NCCc1ccc(C)nc1.I. The molecular formula is C22H33IN4O. The van der Waals surface area contributed by atoms with Crippen LogP contribution in [0.15, 0.2) is 47.6 Å². The van der Waals surface area contributed by atoms with Crippen molar-refractivity contribution >= 4 is 29.9 Å². The van der Waals surface area contributed by atoms with Gasteiger partial charge in [-0.25, -0.2) is 0 Å². The minimum Gasteiger partial charge on any atom is -0.497 e. The molecule has 0 atom stereocenters. The molecule has 2 rings (SSSR count). The number of hydrogen-bond donors (Lipinski definition) is 2. The topological polar surface area (TPSA) is 58.5 Å². The maximum Gasteiger partial charge on any atom is 0.191 e. The number of ether oxygens (including phenoxy) is 1. The lowest BCUT2D eigenvalue weighted by atomic mass is 10.1. The summed E-state index contributed by atoms with van der Waals surface area (Å²) in [4.78, 5) is 9.01. The largest absolute Gasteiger partial charge is 0.497 e. The number of hydrogen-bond acceptors (Lipinski definition) is 3. The monoisotopic (exact) mass is 496 g/mol. The number of aromatic nitrogens is 1. The Balaban J connectivity index is 0.00000392. The maximum absolute atomic E-state index is 5.19. The molecule has 0 saturated carbocycles. The van der Waals surface area contributed by atoms with Crippen molar-refractivity contribution in [2.45, 2.75) is 39.5 Å². The number of pyridine rings is 1. The number of guanidine groups is 1. The van der Waals surface area contributed by atoms with Crippen LogP contribution >= 0.6 is 24.0 Å². The van der Waals surface area contributed by atoms with Gasteiger partial charge in [-0.05, 0) is 68.9 Å². The van der Waals surface area contributed by atoms with Crippen LogP contribution in [0.4, 0.5) is 0 Å². The lowest BCUT2D eigenvalue weighted by Gasteiger charge is -2.11. The second kappa shape index (κ2) is 14.2. The van der Waals surface area contributed by atoms with E-state index in [0.717, 1.165) is 62.7 Å². The van der Waals surface area contributed by atoms with Gasteiger partial charge in [0.1, 0.15) is 5.75 Å². The van der Waals surface area contributed by atoms with Crippen LogP contribution in [0.1, 0.15) is 36.6 Å². The zero-order chi connectivity index (χ0) is 19.3. The number of rotatable bonds is 10. The van der Waals surface area contributed by atoms with Crippen LogP contribution in [0.5, 0.6) is 5.75 Å². The summed E-state index contributed by atoms with van der Waals surface area (Å²) in [5, 5.41) is 6.71. The fourth-order valence-corrected chi connectivity index (χ4v) is 2.74. The Hall–Kier alpha value is -1.83. The van der Waals surface area contributed by atoms with E-state index in [2.05, 4.69) is 51.8 Å². The third-order valence-electron chi connectivity index (χ3n) is 4.33. The van der Waals surface area contributed by atoms with Crippen LogP contribution in [0.2, 0.25) is 0 Å². The zero-order valence-corrected chi connectivity index (χ0v) is 19.5. The highest BCUT2D eigenvalue weighted by Gasteiger charge is 1.99. The van der Waals surface area contributed by atoms with Crippen molar-refractivity contribution in [2.75, 3.05) is 26.7 Å². The third kappa shape index (κ3) is 9.39. The van der Waals surface area contributed by atoms with Gasteiger partial charge in [-0.2, -0.15) is 0 Å². The molecule has 28 heavy (non-hydrogen) atoms. The van der Waals surface area contributed by atoms with Crippen molar-refractivity contribution in [3.8, 4) is 5.75 Å². The number of unbranched alkanes of at least 4 members (excludes halogenated alkanes) is 1. The Labute approximate surface area is 186 Å². The van der Waals surface area contributed by atoms with Crippen LogP contribution in [0.3, 0.4) is 0 Å². The third-order valence-corrected chi connectivity index (χ3v) is 4.33. The number of nitrogens with one attached hydrogen (secondary N) is 2. The van der Waals surface area contributed by atoms with E-state index in [1.807, 2.05) is 25.3 Å². The van der Waals surface area contributed by atoms with Crippen LogP contribution in [-0.4, -0.2) is 37.7 Å². The minimum absolute atomic E-state index is 0. The van der Waals surface area contributed by atoms with Gasteiger partial charge >= 0.3 is 0 Å². The first-order valence-corrected chi connectivity index (χ1v) is 9.78. The van der Waals surface area contributed by atoms with E-state index >= 15 is 0 Å². The molecule has 0 spiro atoms. The molecule has 0 bridgehead atoms. The van der Waals surface area contributed by atoms with E-state index in [4.69, 9.17) is 4.74 Å². The Morgan fingerprint density at radius 1 is 1.00 bits per heavy atom. The highest BCUT2D eigenvalue weighted by atomic mass is 127. The zero-order valence-electron chi connectivity index (χ0n) is 17.2. The van der Waals surface area contributed by atoms with Crippen LogP contribution in [0, 0.1) is 6.92 Å². The van der Waals surface area contributed by atoms with Gasteiger partial charge in [0.15, 0.2) is 5.96 Å². The summed E-state index contributed by atoms with van der Waals surface area (Å²) in [6, 6.07) is 12.5. The summed E-state index contributed by atoms with van der Waals surface area (Å²) in [5.41, 5.74) is 3.64. The number of nitrogens with zero attached hydrogens (tertiary/aromatic N) is 2. The molecule has 0 radical (unpaired) electrons. The van der Waals surface area contributed by atoms with E-state index in [0.29, 0.717) is 0 Å². The van der Waals surface area contributed by atoms with E-state index in [9.17, 15) is 0 Å². The smallest absolute Gasteiger partial charge is 0.191 e. The Bertz CT molecular complexity index is 687. The first-order valence-electron chi connectivity index (χ1n) is 9.78. The standard InChI is InChI=1S/C22H32N4O.HI/c1-4-23-22(25-16-14-20-9-8-18(2)26-17-20)24-15-6-5-7-19-10-12-21(27-3)13-11-19;/h8-13,17H,4-7,14-16H2,1-3H3,(H2,23,24,25);1H. The molecule has 154 valence electrons. The molecule has 0 saturated heterocycles. The van der Waals surface area contributed by atoms with Gasteiger partial charge in [0.25, 0.3) is 0 Å². The van der Waals surface area contributed by atoms with Gasteiger partial charge in [-0.1, -0.05) is 18.2 Å². The number of methoxy groups -OCH3 is 1. The molecule has 0 aliphatic heterocycles. The van der Waals surface area contributed by atoms with Crippen molar-refractivity contribution in [3.63, 3.8) is 0 Å². The highest BCUT2D eigenvalue weighted by Crippen LogP contribution is 2.13. The first kappa shape index (κ1) is 24.2. The van der Waals surface area contributed by atoms with Crippen molar-refractivity contribution < 1.29 is 4.74 Å². The van der Waals surface area contributed by atoms with E-state index in [1.165, 1.54) is 11.1 Å². The first-order chi connectivity index (χ1) is 13.2. The summed E-state index contributed by atoms with van der Waals surface area (Å²) in [7, 11) is 1.70. The van der Waals surface area contributed by atoms with Gasteiger partial charge in [-0.15, -0.1) is 24.0 Å². The number of aliphatic imine (C=N–C) groups is 1. The molecule has 0 unspecified atom stereocenters. The molecule has 0 aliphatic carbocycles. The van der Waals surface area contributed by atoms with Crippen LogP contribution in [0.25, 0.3) is 0 Å². The molecule has 2 aromatic rings. The average Bonchev–Trinajstić information content (AvgIpc) is 2.69. The van der Waals surface area contributed by atoms with E-state index in [-0.39, 0.29) is 24.0 Å². The minimum atomic E-state index is 0. The van der Waals surface area contributed by atoms with Crippen molar-refractivity contribution in [3.05, 3.63) is 59.4 Å². The van der Waals surface area contributed by atoms with Gasteiger partial charge in [0.05, 0.1) is 7.11 Å². The molecule has 5 nitrogen and oxygen atoms in total. The predicted octanol–water partition coefficient (Wildman–Crippen LogP) is 4.14. The molecule has 0 amide bonds. The van der Waals surface area contributed by atoms with Crippen LogP contribution < -0.4 is 15.4 Å². The fraction of sp³-hybridized carbons (Fsp3) is 0.455. The predicted molar refractivity (Wildman–Crippen MR) is 128 cm³/mol. The Morgan fingerprint density at radius 2 is 1.75 bits per heavy atom. The molecule has 2 N–H and O–H groups in total. The van der Waals surface area contributed by atoms with Crippen LogP contribution in [-0.2, 0) is 12.8 Å². The average molecular weight is 496 g/mol. The summed E-state index contributed by atoms with van der Waals surface area (Å²) in [6.07, 6.45) is 6.16. The van der Waals surface area contributed by atoms with Gasteiger partial charge in [-0.3, -0.25) is 9.98 Å². The molecule has 1 aromatic heterocycles. The van der Waals surface area contributed by atoms with Gasteiger partial charge in [0, 0.05) is 31.5 Å². The fourth-order valence-electron chi connectivity index (χ4n) is 2.74. The maximum atomic E-state index is 5.19. The quantitative estimate of drug-likeness (QED) is 0.225. The summed E-state index contributed by atoms with van der Waals surface area (Å²) in [5.74, 6) is 1.80.